The minimum atomic E-state index is -0.234. The fraction of sp³-hybridized carbons (Fsp3) is 0.385. The van der Waals surface area contributed by atoms with Crippen molar-refractivity contribution in [1.82, 2.24) is 10.6 Å². The quantitative estimate of drug-likeness (QED) is 0.465. The van der Waals surface area contributed by atoms with Gasteiger partial charge in [-0.3, -0.25) is 9.59 Å². The molecule has 0 radical (unpaired) electrons. The summed E-state index contributed by atoms with van der Waals surface area (Å²) in [5, 5.41) is 5.16. The molecule has 6 heteroatoms. The second-order valence-corrected chi connectivity index (χ2v) is 4.04. The van der Waals surface area contributed by atoms with Crippen LogP contribution < -0.4 is 16.4 Å². The van der Waals surface area contributed by atoms with E-state index < -0.39 is 0 Å². The Kier molecular flexibility index (Phi) is 6.38. The summed E-state index contributed by atoms with van der Waals surface area (Å²) in [7, 11) is 1.56. The molecular formula is C13H19N3O3. The Morgan fingerprint density at radius 2 is 1.84 bits per heavy atom. The Morgan fingerprint density at radius 1 is 1.16 bits per heavy atom. The van der Waals surface area contributed by atoms with Gasteiger partial charge in [-0.1, -0.05) is 12.1 Å². The number of nitrogens with two attached hydrogens (primary N) is 1. The molecule has 1 rings (SSSR count). The van der Waals surface area contributed by atoms with E-state index in [1.54, 1.807) is 31.4 Å². The molecule has 0 aromatic heterocycles. The smallest absolute Gasteiger partial charge is 0.239 e. The van der Waals surface area contributed by atoms with Crippen LogP contribution in [0.1, 0.15) is 5.56 Å². The largest absolute Gasteiger partial charge is 0.399 e. The van der Waals surface area contributed by atoms with Gasteiger partial charge in [-0.25, -0.2) is 0 Å². The van der Waals surface area contributed by atoms with Gasteiger partial charge in [0, 0.05) is 19.3 Å². The number of hydrogen-bond donors (Lipinski definition) is 3. The second kappa shape index (κ2) is 8.10. The van der Waals surface area contributed by atoms with E-state index in [1.807, 2.05) is 0 Å². The molecule has 1 aromatic rings. The van der Waals surface area contributed by atoms with Crippen LogP contribution in [0.4, 0.5) is 5.69 Å². The summed E-state index contributed by atoms with van der Waals surface area (Å²) >= 11 is 0. The Balaban J connectivity index is 2.24. The van der Waals surface area contributed by atoms with E-state index in [1.165, 1.54) is 0 Å². The maximum absolute atomic E-state index is 11.6. The number of nitrogen functional groups attached to an aromatic ring is 1. The molecule has 0 aliphatic heterocycles. The number of carbonyl (C=O) groups is 2. The first kappa shape index (κ1) is 15.0. The van der Waals surface area contributed by atoms with E-state index in [2.05, 4.69) is 10.6 Å². The van der Waals surface area contributed by atoms with Crippen molar-refractivity contribution in [3.05, 3.63) is 29.8 Å². The molecule has 0 fully saturated rings. The lowest BCUT2D eigenvalue weighted by Crippen LogP contribution is -2.38. The highest BCUT2D eigenvalue weighted by atomic mass is 16.5. The summed E-state index contributed by atoms with van der Waals surface area (Å²) in [5.41, 5.74) is 7.06. The lowest BCUT2D eigenvalue weighted by atomic mass is 10.1. The first-order chi connectivity index (χ1) is 9.11. The van der Waals surface area contributed by atoms with E-state index >= 15 is 0 Å². The summed E-state index contributed by atoms with van der Waals surface area (Å²) in [4.78, 5) is 22.9. The first-order valence-electron chi connectivity index (χ1n) is 5.98. The number of methoxy groups -OCH3 is 1. The highest BCUT2D eigenvalue weighted by Crippen LogP contribution is 2.05. The third-order valence-corrected chi connectivity index (χ3v) is 2.42. The molecule has 0 spiro atoms. The Labute approximate surface area is 112 Å². The molecule has 0 saturated carbocycles. The standard InChI is InChI=1S/C13H19N3O3/c1-19-7-6-15-13(18)9-16-12(17)8-10-2-4-11(14)5-3-10/h2-5H,6-9,14H2,1H3,(H,15,18)(H,16,17). The zero-order valence-electron chi connectivity index (χ0n) is 10.9. The molecule has 0 heterocycles. The predicted molar refractivity (Wildman–Crippen MR) is 72.5 cm³/mol. The van der Waals surface area contributed by atoms with Gasteiger partial charge < -0.3 is 21.1 Å². The van der Waals surface area contributed by atoms with Crippen LogP contribution in [0.2, 0.25) is 0 Å². The molecule has 0 aliphatic rings. The summed E-state index contributed by atoms with van der Waals surface area (Å²) in [6.07, 6.45) is 0.228. The second-order valence-electron chi connectivity index (χ2n) is 4.04. The highest BCUT2D eigenvalue weighted by molar-refractivity contribution is 5.85. The van der Waals surface area contributed by atoms with Crippen molar-refractivity contribution in [2.75, 3.05) is 32.5 Å². The zero-order chi connectivity index (χ0) is 14.1. The van der Waals surface area contributed by atoms with E-state index in [9.17, 15) is 9.59 Å². The van der Waals surface area contributed by atoms with Gasteiger partial charge in [0.1, 0.15) is 0 Å². The van der Waals surface area contributed by atoms with Gasteiger partial charge >= 0.3 is 0 Å². The summed E-state index contributed by atoms with van der Waals surface area (Å²) in [5.74, 6) is -0.436. The average Bonchev–Trinajstić information content (AvgIpc) is 2.39. The Morgan fingerprint density at radius 3 is 2.47 bits per heavy atom. The van der Waals surface area contributed by atoms with Gasteiger partial charge in [0.2, 0.25) is 11.8 Å². The van der Waals surface area contributed by atoms with Crippen LogP contribution in [0, 0.1) is 0 Å². The third-order valence-electron chi connectivity index (χ3n) is 2.42. The normalized spacial score (nSPS) is 9.95. The number of benzene rings is 1. The van der Waals surface area contributed by atoms with Gasteiger partial charge in [0.25, 0.3) is 0 Å². The van der Waals surface area contributed by atoms with Crippen LogP contribution in [0.5, 0.6) is 0 Å². The van der Waals surface area contributed by atoms with Crippen molar-refractivity contribution in [3.63, 3.8) is 0 Å². The molecule has 6 nitrogen and oxygen atoms in total. The lowest BCUT2D eigenvalue weighted by molar-refractivity contribution is -0.125. The highest BCUT2D eigenvalue weighted by Gasteiger charge is 2.06. The molecule has 0 bridgehead atoms. The minimum Gasteiger partial charge on any atom is -0.399 e. The SMILES string of the molecule is COCCNC(=O)CNC(=O)Cc1ccc(N)cc1. The first-order valence-corrected chi connectivity index (χ1v) is 5.98. The van der Waals surface area contributed by atoms with Gasteiger partial charge in [0.05, 0.1) is 19.6 Å². The topological polar surface area (TPSA) is 93.5 Å². The molecule has 2 amide bonds. The van der Waals surface area contributed by atoms with E-state index in [4.69, 9.17) is 10.5 Å². The monoisotopic (exact) mass is 265 g/mol. The van der Waals surface area contributed by atoms with Crippen molar-refractivity contribution < 1.29 is 14.3 Å². The molecule has 4 N–H and O–H groups in total. The van der Waals surface area contributed by atoms with Gasteiger partial charge in [-0.15, -0.1) is 0 Å². The van der Waals surface area contributed by atoms with Crippen LogP contribution in [-0.2, 0) is 20.7 Å². The summed E-state index contributed by atoms with van der Waals surface area (Å²) in [6, 6.07) is 7.04. The number of amides is 2. The molecule has 0 aliphatic carbocycles. The number of ether oxygens (including phenoxy) is 1. The van der Waals surface area contributed by atoms with Crippen LogP contribution in [0.25, 0.3) is 0 Å². The number of hydrogen-bond acceptors (Lipinski definition) is 4. The van der Waals surface area contributed by atoms with E-state index in [0.717, 1.165) is 5.56 Å². The van der Waals surface area contributed by atoms with Gasteiger partial charge in [0.15, 0.2) is 0 Å². The van der Waals surface area contributed by atoms with Crippen molar-refractivity contribution >= 4 is 17.5 Å². The van der Waals surface area contributed by atoms with Gasteiger partial charge in [-0.2, -0.15) is 0 Å². The molecule has 104 valence electrons. The van der Waals surface area contributed by atoms with Crippen molar-refractivity contribution in [3.8, 4) is 0 Å². The summed E-state index contributed by atoms with van der Waals surface area (Å²) in [6.45, 7) is 0.853. The van der Waals surface area contributed by atoms with E-state index in [-0.39, 0.29) is 24.8 Å². The van der Waals surface area contributed by atoms with Crippen molar-refractivity contribution in [1.29, 1.82) is 0 Å². The maximum Gasteiger partial charge on any atom is 0.239 e. The summed E-state index contributed by atoms with van der Waals surface area (Å²) < 4.78 is 4.79. The Hall–Kier alpha value is -2.08. The molecule has 1 aromatic carbocycles. The van der Waals surface area contributed by atoms with Crippen molar-refractivity contribution in [2.24, 2.45) is 0 Å². The fourth-order valence-corrected chi connectivity index (χ4v) is 1.42. The van der Waals surface area contributed by atoms with Crippen molar-refractivity contribution in [2.45, 2.75) is 6.42 Å². The maximum atomic E-state index is 11.6. The molecular weight excluding hydrogens is 246 g/mol. The average molecular weight is 265 g/mol. The van der Waals surface area contributed by atoms with Crippen LogP contribution >= 0.6 is 0 Å². The van der Waals surface area contributed by atoms with Gasteiger partial charge in [-0.05, 0) is 17.7 Å². The molecule has 0 atom stereocenters. The number of rotatable bonds is 7. The van der Waals surface area contributed by atoms with Crippen LogP contribution in [-0.4, -0.2) is 38.6 Å². The van der Waals surface area contributed by atoms with Crippen LogP contribution in [0.3, 0.4) is 0 Å². The minimum absolute atomic E-state index is 0.0302. The lowest BCUT2D eigenvalue weighted by Gasteiger charge is -2.06. The Bertz CT molecular complexity index is 418. The third kappa shape index (κ3) is 6.42. The molecule has 0 unspecified atom stereocenters. The predicted octanol–water partition coefficient (Wildman–Crippen LogP) is -0.310. The fourth-order valence-electron chi connectivity index (χ4n) is 1.42. The van der Waals surface area contributed by atoms with Crippen LogP contribution in [0.15, 0.2) is 24.3 Å². The number of anilines is 1. The molecule has 0 saturated heterocycles. The zero-order valence-corrected chi connectivity index (χ0v) is 10.9. The van der Waals surface area contributed by atoms with E-state index in [0.29, 0.717) is 18.8 Å². The molecule has 19 heavy (non-hydrogen) atoms. The number of nitrogens with one attached hydrogen (secondary N) is 2. The number of carbonyl (C=O) groups excluding carboxylic acids is 2.